The predicted molar refractivity (Wildman–Crippen MR) is 60.6 cm³/mol. The maximum absolute atomic E-state index is 11.0. The first kappa shape index (κ1) is 11.4. The van der Waals surface area contributed by atoms with E-state index in [9.17, 15) is 9.59 Å². The zero-order chi connectivity index (χ0) is 12.6. The van der Waals surface area contributed by atoms with Crippen molar-refractivity contribution in [2.75, 3.05) is 0 Å². The van der Waals surface area contributed by atoms with Crippen molar-refractivity contribution < 1.29 is 14.3 Å². The summed E-state index contributed by atoms with van der Waals surface area (Å²) in [7, 11) is 0. The van der Waals surface area contributed by atoms with Gasteiger partial charge in [0.2, 0.25) is 0 Å². The highest BCUT2D eigenvalue weighted by molar-refractivity contribution is 5.74. The fourth-order valence-corrected chi connectivity index (χ4v) is 1.61. The molecule has 0 aliphatic heterocycles. The number of hydrogen-bond acceptors (Lipinski definition) is 4. The number of oxazole rings is 1. The Morgan fingerprint density at radius 3 is 2.88 bits per heavy atom. The lowest BCUT2D eigenvalue weighted by Gasteiger charge is -2.15. The lowest BCUT2D eigenvalue weighted by atomic mass is 9.95. The van der Waals surface area contributed by atoms with E-state index in [-0.39, 0.29) is 0 Å². The Balaban J connectivity index is 2.42. The summed E-state index contributed by atoms with van der Waals surface area (Å²) in [5.41, 5.74) is 7.39. The summed E-state index contributed by atoms with van der Waals surface area (Å²) >= 11 is 0. The van der Waals surface area contributed by atoms with Crippen molar-refractivity contribution >= 4 is 17.1 Å². The van der Waals surface area contributed by atoms with Crippen LogP contribution in [0.25, 0.3) is 11.1 Å². The Morgan fingerprint density at radius 2 is 2.24 bits per heavy atom. The number of nitrogens with two attached hydrogens (primary N) is 1. The number of benzene rings is 1. The molecule has 0 aliphatic rings. The molecule has 0 aliphatic carbocycles. The van der Waals surface area contributed by atoms with Gasteiger partial charge in [-0.2, -0.15) is 0 Å². The van der Waals surface area contributed by atoms with E-state index in [2.05, 4.69) is 4.98 Å². The number of hydrogen-bond donors (Lipinski definition) is 3. The van der Waals surface area contributed by atoms with Crippen molar-refractivity contribution in [2.24, 2.45) is 11.7 Å². The third kappa shape index (κ3) is 2.07. The zero-order valence-electron chi connectivity index (χ0n) is 9.14. The molecule has 6 nitrogen and oxygen atoms in total. The second kappa shape index (κ2) is 4.06. The summed E-state index contributed by atoms with van der Waals surface area (Å²) in [6, 6.07) is 4.26. The first-order valence-electron chi connectivity index (χ1n) is 5.10. The molecule has 4 N–H and O–H groups in total. The molecule has 17 heavy (non-hydrogen) atoms. The number of carbonyl (C=O) groups is 1. The van der Waals surface area contributed by atoms with Crippen LogP contribution in [0.1, 0.15) is 18.5 Å². The number of rotatable bonds is 3. The van der Waals surface area contributed by atoms with Crippen LogP contribution in [0.4, 0.5) is 0 Å². The molecule has 90 valence electrons. The first-order valence-corrected chi connectivity index (χ1v) is 5.10. The smallest absolute Gasteiger partial charge is 0.417 e. The molecular weight excluding hydrogens is 224 g/mol. The molecule has 0 fully saturated rings. The minimum Gasteiger partial charge on any atom is -0.481 e. The molecule has 1 aromatic carbocycles. The second-order valence-corrected chi connectivity index (χ2v) is 3.92. The molecule has 6 heteroatoms. The van der Waals surface area contributed by atoms with E-state index < -0.39 is 23.7 Å². The van der Waals surface area contributed by atoms with Crippen molar-refractivity contribution in [3.63, 3.8) is 0 Å². The maximum atomic E-state index is 11.0. The minimum atomic E-state index is -0.965. The van der Waals surface area contributed by atoms with E-state index in [1.54, 1.807) is 18.2 Å². The molecule has 0 saturated heterocycles. The molecular formula is C11H12N2O4. The highest BCUT2D eigenvalue weighted by atomic mass is 16.4. The van der Waals surface area contributed by atoms with Gasteiger partial charge in [0, 0.05) is 6.04 Å². The molecule has 0 spiro atoms. The van der Waals surface area contributed by atoms with Crippen LogP contribution in [-0.2, 0) is 4.79 Å². The van der Waals surface area contributed by atoms with E-state index >= 15 is 0 Å². The second-order valence-electron chi connectivity index (χ2n) is 3.92. The van der Waals surface area contributed by atoms with Crippen molar-refractivity contribution in [2.45, 2.75) is 13.0 Å². The molecule has 0 bridgehead atoms. The van der Waals surface area contributed by atoms with Crippen LogP contribution in [0.15, 0.2) is 27.4 Å². The molecule has 0 radical (unpaired) electrons. The van der Waals surface area contributed by atoms with Crippen LogP contribution in [-0.4, -0.2) is 16.1 Å². The van der Waals surface area contributed by atoms with Gasteiger partial charge in [0.1, 0.15) is 0 Å². The Kier molecular flexibility index (Phi) is 2.72. The number of H-pyrrole nitrogens is 1. The Bertz CT molecular complexity index is 613. The minimum absolute atomic E-state index is 0.375. The van der Waals surface area contributed by atoms with E-state index in [0.29, 0.717) is 16.7 Å². The Labute approximate surface area is 96.0 Å². The Morgan fingerprint density at radius 1 is 1.53 bits per heavy atom. The van der Waals surface area contributed by atoms with Gasteiger partial charge in [-0.15, -0.1) is 0 Å². The molecule has 2 aromatic rings. The normalized spacial score (nSPS) is 14.7. The molecule has 1 aromatic heterocycles. The first-order chi connectivity index (χ1) is 7.99. The van der Waals surface area contributed by atoms with Crippen molar-refractivity contribution in [3.8, 4) is 0 Å². The number of aromatic nitrogens is 1. The number of nitrogens with one attached hydrogen (secondary N) is 1. The van der Waals surface area contributed by atoms with Crippen LogP contribution in [0.5, 0.6) is 0 Å². The lowest BCUT2D eigenvalue weighted by molar-refractivity contribution is -0.141. The highest BCUT2D eigenvalue weighted by Gasteiger charge is 2.22. The summed E-state index contributed by atoms with van der Waals surface area (Å²) < 4.78 is 4.88. The fourth-order valence-electron chi connectivity index (χ4n) is 1.61. The van der Waals surface area contributed by atoms with E-state index in [1.165, 1.54) is 6.92 Å². The topological polar surface area (TPSA) is 109 Å². The van der Waals surface area contributed by atoms with E-state index in [4.69, 9.17) is 15.3 Å². The fraction of sp³-hybridized carbons (Fsp3) is 0.273. The number of aromatic amines is 1. The number of carboxylic acid groups (broad SMARTS) is 1. The standard InChI is InChI=1S/C11H12N2O4/c1-5(10(14)15)9(12)6-2-3-7-8(4-6)17-11(16)13-7/h2-5,9H,12H2,1H3,(H,13,16)(H,14,15). The van der Waals surface area contributed by atoms with Crippen LogP contribution < -0.4 is 11.5 Å². The van der Waals surface area contributed by atoms with Gasteiger partial charge in [-0.3, -0.25) is 9.78 Å². The van der Waals surface area contributed by atoms with Crippen LogP contribution >= 0.6 is 0 Å². The molecule has 1 heterocycles. The van der Waals surface area contributed by atoms with Gasteiger partial charge in [-0.05, 0) is 17.7 Å². The molecule has 2 atom stereocenters. The van der Waals surface area contributed by atoms with Crippen molar-refractivity contribution in [3.05, 3.63) is 34.3 Å². The Hall–Kier alpha value is -2.08. The van der Waals surface area contributed by atoms with Crippen LogP contribution in [0.3, 0.4) is 0 Å². The van der Waals surface area contributed by atoms with Gasteiger partial charge >= 0.3 is 11.7 Å². The third-order valence-electron chi connectivity index (χ3n) is 2.76. The number of fused-ring (bicyclic) bond motifs is 1. The van der Waals surface area contributed by atoms with Gasteiger partial charge in [0.15, 0.2) is 5.58 Å². The monoisotopic (exact) mass is 236 g/mol. The molecule has 2 unspecified atom stereocenters. The van der Waals surface area contributed by atoms with Crippen molar-refractivity contribution in [1.82, 2.24) is 4.98 Å². The lowest BCUT2D eigenvalue weighted by Crippen LogP contribution is -2.25. The predicted octanol–water partition coefficient (Wildman–Crippen LogP) is 0.842. The molecule has 0 saturated carbocycles. The van der Waals surface area contributed by atoms with Crippen molar-refractivity contribution in [1.29, 1.82) is 0 Å². The van der Waals surface area contributed by atoms with E-state index in [1.807, 2.05) is 0 Å². The van der Waals surface area contributed by atoms with Gasteiger partial charge in [0.05, 0.1) is 11.4 Å². The van der Waals surface area contributed by atoms with Gasteiger partial charge < -0.3 is 15.3 Å². The average Bonchev–Trinajstić information content (AvgIpc) is 2.65. The van der Waals surface area contributed by atoms with Crippen LogP contribution in [0.2, 0.25) is 0 Å². The zero-order valence-corrected chi connectivity index (χ0v) is 9.14. The number of aliphatic carboxylic acids is 1. The highest BCUT2D eigenvalue weighted by Crippen LogP contribution is 2.22. The maximum Gasteiger partial charge on any atom is 0.417 e. The third-order valence-corrected chi connectivity index (χ3v) is 2.76. The van der Waals surface area contributed by atoms with Crippen LogP contribution in [0, 0.1) is 5.92 Å². The van der Waals surface area contributed by atoms with Gasteiger partial charge in [-0.25, -0.2) is 4.79 Å². The molecule has 0 amide bonds. The summed E-state index contributed by atoms with van der Waals surface area (Å²) in [5, 5.41) is 8.87. The summed E-state index contributed by atoms with van der Waals surface area (Å²) in [6.45, 7) is 1.53. The quantitative estimate of drug-likeness (QED) is 0.731. The largest absolute Gasteiger partial charge is 0.481 e. The summed E-state index contributed by atoms with van der Waals surface area (Å²) in [4.78, 5) is 24.3. The molecule has 2 rings (SSSR count). The summed E-state index contributed by atoms with van der Waals surface area (Å²) in [6.07, 6.45) is 0. The average molecular weight is 236 g/mol. The SMILES string of the molecule is CC(C(=O)O)C(N)c1ccc2[nH]c(=O)oc2c1. The summed E-state index contributed by atoms with van der Waals surface area (Å²) in [5.74, 6) is -2.22. The van der Waals surface area contributed by atoms with E-state index in [0.717, 1.165) is 0 Å². The van der Waals surface area contributed by atoms with Gasteiger partial charge in [-0.1, -0.05) is 13.0 Å². The van der Waals surface area contributed by atoms with Gasteiger partial charge in [0.25, 0.3) is 0 Å². The number of carboxylic acids is 1.